The van der Waals surface area contributed by atoms with Gasteiger partial charge in [-0.25, -0.2) is 0 Å². The molecule has 0 aromatic carbocycles. The Morgan fingerprint density at radius 3 is 2.65 bits per heavy atom. The third kappa shape index (κ3) is 2.81. The summed E-state index contributed by atoms with van der Waals surface area (Å²) < 4.78 is 4.92. The van der Waals surface area contributed by atoms with Crippen LogP contribution in [-0.4, -0.2) is 19.6 Å². The van der Waals surface area contributed by atoms with Gasteiger partial charge in [0, 0.05) is 13.1 Å². The topological polar surface area (TPSA) is 61.7 Å². The number of rotatable bonds is 6. The Balaban J connectivity index is 2.42. The second-order valence-corrected chi connectivity index (χ2v) is 5.66. The zero-order valence-electron chi connectivity index (χ0n) is 12.3. The fourth-order valence-electron chi connectivity index (χ4n) is 2.37. The predicted molar refractivity (Wildman–Crippen MR) is 83.5 cm³/mol. The Hall–Kier alpha value is -1.14. The number of aryl methyl sites for hydroxylation is 3. The van der Waals surface area contributed by atoms with E-state index < -0.39 is 0 Å². The first-order valence-electron chi connectivity index (χ1n) is 7.15. The lowest BCUT2D eigenvalue weighted by Crippen LogP contribution is -2.21. The summed E-state index contributed by atoms with van der Waals surface area (Å²) in [5, 5.41) is 8.97. The molecule has 2 rings (SSSR count). The minimum atomic E-state index is -0.217. The molecule has 1 unspecified atom stereocenters. The fourth-order valence-corrected chi connectivity index (χ4v) is 2.92. The van der Waals surface area contributed by atoms with E-state index in [0.717, 1.165) is 47.5 Å². The highest BCUT2D eigenvalue weighted by atomic mass is 79.9. The molecule has 0 aliphatic heterocycles. The van der Waals surface area contributed by atoms with Crippen molar-refractivity contribution in [3.05, 3.63) is 33.8 Å². The first-order valence-corrected chi connectivity index (χ1v) is 7.95. The average molecular weight is 340 g/mol. The molecule has 2 aromatic rings. The van der Waals surface area contributed by atoms with Gasteiger partial charge in [0.05, 0.1) is 33.8 Å². The molecular weight excluding hydrogens is 318 g/mol. The van der Waals surface area contributed by atoms with Crippen LogP contribution in [0.1, 0.15) is 50.3 Å². The third-order valence-electron chi connectivity index (χ3n) is 3.41. The third-order valence-corrected chi connectivity index (χ3v) is 4.02. The Kier molecular flexibility index (Phi) is 4.99. The van der Waals surface area contributed by atoms with Gasteiger partial charge in [-0.15, -0.1) is 0 Å². The Labute approximate surface area is 128 Å². The van der Waals surface area contributed by atoms with Gasteiger partial charge in [0.1, 0.15) is 0 Å². The van der Waals surface area contributed by atoms with Crippen molar-refractivity contribution in [3.63, 3.8) is 0 Å². The van der Waals surface area contributed by atoms with E-state index >= 15 is 0 Å². The van der Waals surface area contributed by atoms with Gasteiger partial charge in [-0.2, -0.15) is 10.2 Å². The van der Waals surface area contributed by atoms with Crippen LogP contribution >= 0.6 is 15.9 Å². The molecule has 0 aliphatic carbocycles. The number of hydrogen-bond acceptors (Lipinski definition) is 3. The summed E-state index contributed by atoms with van der Waals surface area (Å²) in [5.74, 6) is 0. The lowest BCUT2D eigenvalue weighted by molar-refractivity contribution is 0.534. The van der Waals surface area contributed by atoms with Crippen LogP contribution in [0.2, 0.25) is 0 Å². The van der Waals surface area contributed by atoms with Crippen molar-refractivity contribution in [3.8, 4) is 0 Å². The van der Waals surface area contributed by atoms with Gasteiger partial charge in [-0.05, 0) is 41.8 Å². The van der Waals surface area contributed by atoms with Gasteiger partial charge in [0.25, 0.3) is 0 Å². The van der Waals surface area contributed by atoms with Crippen molar-refractivity contribution >= 4 is 15.9 Å². The van der Waals surface area contributed by atoms with Crippen LogP contribution in [0.25, 0.3) is 0 Å². The number of aromatic nitrogens is 4. The minimum Gasteiger partial charge on any atom is -0.318 e. The lowest BCUT2D eigenvalue weighted by atomic mass is 10.1. The van der Waals surface area contributed by atoms with Crippen LogP contribution in [0.3, 0.4) is 0 Å². The Morgan fingerprint density at radius 2 is 2.05 bits per heavy atom. The zero-order valence-corrected chi connectivity index (χ0v) is 13.9. The standard InChI is InChI=1S/C14H22BrN5/c1-4-7-20-14(11(15)9-17-20)13(16)12-8-10(5-2)18-19(12)6-3/h8-9,13H,4-7,16H2,1-3H3. The molecule has 2 aromatic heterocycles. The van der Waals surface area contributed by atoms with Gasteiger partial charge in [0.2, 0.25) is 0 Å². The van der Waals surface area contributed by atoms with Crippen molar-refractivity contribution in [2.24, 2.45) is 5.73 Å². The van der Waals surface area contributed by atoms with E-state index in [1.165, 1.54) is 0 Å². The minimum absolute atomic E-state index is 0.217. The summed E-state index contributed by atoms with van der Waals surface area (Å²) in [5.41, 5.74) is 9.63. The van der Waals surface area contributed by atoms with E-state index in [1.54, 1.807) is 0 Å². The number of hydrogen-bond donors (Lipinski definition) is 1. The zero-order chi connectivity index (χ0) is 14.7. The van der Waals surface area contributed by atoms with Crippen LogP contribution in [0, 0.1) is 0 Å². The number of nitrogens with zero attached hydrogens (tertiary/aromatic N) is 4. The first kappa shape index (κ1) is 15.3. The van der Waals surface area contributed by atoms with Crippen molar-refractivity contribution < 1.29 is 0 Å². The summed E-state index contributed by atoms with van der Waals surface area (Å²) in [6.07, 6.45) is 3.77. The predicted octanol–water partition coefficient (Wildman–Crippen LogP) is 2.88. The summed E-state index contributed by atoms with van der Waals surface area (Å²) in [7, 11) is 0. The van der Waals surface area contributed by atoms with E-state index in [9.17, 15) is 0 Å². The molecule has 0 saturated carbocycles. The molecule has 0 fully saturated rings. The monoisotopic (exact) mass is 339 g/mol. The largest absolute Gasteiger partial charge is 0.318 e. The Bertz CT molecular complexity index is 572. The van der Waals surface area contributed by atoms with Crippen molar-refractivity contribution in [1.82, 2.24) is 19.6 Å². The highest BCUT2D eigenvalue weighted by Crippen LogP contribution is 2.27. The molecule has 0 spiro atoms. The molecule has 0 saturated heterocycles. The Morgan fingerprint density at radius 1 is 1.30 bits per heavy atom. The first-order chi connectivity index (χ1) is 9.62. The lowest BCUT2D eigenvalue weighted by Gasteiger charge is -2.16. The summed E-state index contributed by atoms with van der Waals surface area (Å²) >= 11 is 3.56. The highest BCUT2D eigenvalue weighted by molar-refractivity contribution is 9.10. The molecule has 2 N–H and O–H groups in total. The van der Waals surface area contributed by atoms with Gasteiger partial charge < -0.3 is 5.73 Å². The fraction of sp³-hybridized carbons (Fsp3) is 0.571. The highest BCUT2D eigenvalue weighted by Gasteiger charge is 2.22. The molecule has 0 bridgehead atoms. The van der Waals surface area contributed by atoms with Crippen molar-refractivity contribution in [1.29, 1.82) is 0 Å². The maximum absolute atomic E-state index is 6.49. The van der Waals surface area contributed by atoms with Crippen LogP contribution in [0.5, 0.6) is 0 Å². The van der Waals surface area contributed by atoms with Gasteiger partial charge in [-0.3, -0.25) is 9.36 Å². The molecule has 0 radical (unpaired) electrons. The number of nitrogens with two attached hydrogens (primary N) is 1. The molecule has 20 heavy (non-hydrogen) atoms. The second-order valence-electron chi connectivity index (χ2n) is 4.81. The van der Waals surface area contributed by atoms with Crippen LogP contribution in [-0.2, 0) is 19.5 Å². The smallest absolute Gasteiger partial charge is 0.0905 e. The molecular formula is C14H22BrN5. The normalized spacial score (nSPS) is 12.8. The van der Waals surface area contributed by atoms with E-state index in [4.69, 9.17) is 5.73 Å². The molecule has 1 atom stereocenters. The SMILES string of the molecule is CCCn1ncc(Br)c1C(N)c1cc(CC)nn1CC. The molecule has 0 amide bonds. The van der Waals surface area contributed by atoms with E-state index in [1.807, 2.05) is 15.6 Å². The van der Waals surface area contributed by atoms with E-state index in [0.29, 0.717) is 0 Å². The van der Waals surface area contributed by atoms with Crippen LogP contribution in [0.15, 0.2) is 16.7 Å². The van der Waals surface area contributed by atoms with Gasteiger partial charge in [0.15, 0.2) is 0 Å². The molecule has 6 heteroatoms. The number of halogens is 1. The second kappa shape index (κ2) is 6.54. The maximum atomic E-state index is 6.49. The quantitative estimate of drug-likeness (QED) is 0.880. The van der Waals surface area contributed by atoms with E-state index in [-0.39, 0.29) is 6.04 Å². The van der Waals surface area contributed by atoms with Crippen LogP contribution in [0.4, 0.5) is 0 Å². The molecule has 0 aliphatic rings. The summed E-state index contributed by atoms with van der Waals surface area (Å²) in [6, 6.07) is 1.88. The van der Waals surface area contributed by atoms with Gasteiger partial charge in [-0.1, -0.05) is 13.8 Å². The maximum Gasteiger partial charge on any atom is 0.0905 e. The molecule has 5 nitrogen and oxygen atoms in total. The summed E-state index contributed by atoms with van der Waals surface area (Å²) in [4.78, 5) is 0. The van der Waals surface area contributed by atoms with Crippen molar-refractivity contribution in [2.45, 2.75) is 52.7 Å². The average Bonchev–Trinajstić information content (AvgIpc) is 3.02. The van der Waals surface area contributed by atoms with Crippen LogP contribution < -0.4 is 5.73 Å². The van der Waals surface area contributed by atoms with E-state index in [2.05, 4.69) is 53.0 Å². The van der Waals surface area contributed by atoms with Gasteiger partial charge >= 0.3 is 0 Å². The summed E-state index contributed by atoms with van der Waals surface area (Å²) in [6.45, 7) is 8.02. The van der Waals surface area contributed by atoms with Crippen molar-refractivity contribution in [2.75, 3.05) is 0 Å². The molecule has 2 heterocycles. The molecule has 110 valence electrons.